The monoisotopic (exact) mass is 374 g/mol. The van der Waals surface area contributed by atoms with E-state index in [1.165, 1.54) is 0 Å². The number of hydrogen-bond acceptors (Lipinski definition) is 4. The van der Waals surface area contributed by atoms with E-state index in [-0.39, 0.29) is 17.2 Å². The Bertz CT molecular complexity index is 670. The zero-order valence-electron chi connectivity index (χ0n) is 16.4. The van der Waals surface area contributed by atoms with Gasteiger partial charge in [0, 0.05) is 38.0 Å². The Balaban J connectivity index is 1.40. The fourth-order valence-corrected chi connectivity index (χ4v) is 3.98. The summed E-state index contributed by atoms with van der Waals surface area (Å²) in [6, 6.07) is 7.45. The third-order valence-corrected chi connectivity index (χ3v) is 5.58. The van der Waals surface area contributed by atoms with Crippen molar-refractivity contribution in [3.63, 3.8) is 0 Å². The molecule has 3 rings (SSSR count). The SMILES string of the molecule is CCCCC(=O)N1CC2(CCN(C(=O)CCOc3ccccc3OC)C2)C1. The number of carbonyl (C=O) groups excluding carboxylic acids is 2. The van der Waals surface area contributed by atoms with Gasteiger partial charge in [-0.15, -0.1) is 0 Å². The first-order chi connectivity index (χ1) is 13.1. The van der Waals surface area contributed by atoms with Crippen LogP contribution in [-0.4, -0.2) is 61.5 Å². The number of likely N-dealkylation sites (tertiary alicyclic amines) is 2. The number of para-hydroxylation sites is 2. The lowest BCUT2D eigenvalue weighted by molar-refractivity contribution is -0.143. The molecule has 2 aliphatic heterocycles. The van der Waals surface area contributed by atoms with Crippen molar-refractivity contribution < 1.29 is 19.1 Å². The molecular formula is C21H30N2O4. The number of rotatable bonds is 8. The molecule has 6 heteroatoms. The van der Waals surface area contributed by atoms with Crippen molar-refractivity contribution in [2.75, 3.05) is 39.9 Å². The molecule has 0 N–H and O–H groups in total. The number of unbranched alkanes of at least 4 members (excludes halogenated alkanes) is 1. The topological polar surface area (TPSA) is 59.1 Å². The molecule has 0 radical (unpaired) electrons. The molecule has 6 nitrogen and oxygen atoms in total. The lowest BCUT2D eigenvalue weighted by Gasteiger charge is -2.48. The van der Waals surface area contributed by atoms with Gasteiger partial charge in [0.1, 0.15) is 0 Å². The van der Waals surface area contributed by atoms with Gasteiger partial charge in [0.2, 0.25) is 11.8 Å². The maximum atomic E-state index is 12.5. The molecule has 0 aromatic heterocycles. The summed E-state index contributed by atoms with van der Waals surface area (Å²) in [5, 5.41) is 0. The maximum Gasteiger partial charge on any atom is 0.226 e. The highest BCUT2D eigenvalue weighted by Gasteiger charge is 2.49. The Hall–Kier alpha value is -2.24. The van der Waals surface area contributed by atoms with E-state index < -0.39 is 0 Å². The summed E-state index contributed by atoms with van der Waals surface area (Å²) in [7, 11) is 1.60. The molecule has 0 unspecified atom stereocenters. The van der Waals surface area contributed by atoms with E-state index in [1.807, 2.05) is 34.1 Å². The van der Waals surface area contributed by atoms with Gasteiger partial charge in [-0.25, -0.2) is 0 Å². The average Bonchev–Trinajstić information content (AvgIpc) is 3.11. The standard InChI is InChI=1S/C21H30N2O4/c1-3-4-9-19(24)23-15-21(16-23)11-12-22(14-21)20(25)10-13-27-18-8-6-5-7-17(18)26-2/h5-8H,3-4,9-16H2,1-2H3. The van der Waals surface area contributed by atoms with E-state index in [0.717, 1.165) is 45.4 Å². The predicted octanol–water partition coefficient (Wildman–Crippen LogP) is 2.72. The second kappa shape index (κ2) is 8.63. The maximum absolute atomic E-state index is 12.5. The lowest BCUT2D eigenvalue weighted by Crippen LogP contribution is -2.59. The van der Waals surface area contributed by atoms with Gasteiger partial charge in [0.15, 0.2) is 11.5 Å². The third-order valence-electron chi connectivity index (χ3n) is 5.58. The van der Waals surface area contributed by atoms with Crippen LogP contribution in [0, 0.1) is 5.41 Å². The van der Waals surface area contributed by atoms with Crippen LogP contribution >= 0.6 is 0 Å². The van der Waals surface area contributed by atoms with Crippen LogP contribution in [0.25, 0.3) is 0 Å². The Morgan fingerprint density at radius 3 is 2.41 bits per heavy atom. The molecule has 0 aliphatic carbocycles. The Kier molecular flexibility index (Phi) is 6.24. The highest BCUT2D eigenvalue weighted by molar-refractivity contribution is 5.78. The van der Waals surface area contributed by atoms with Crippen LogP contribution in [0.4, 0.5) is 0 Å². The van der Waals surface area contributed by atoms with Gasteiger partial charge < -0.3 is 19.3 Å². The van der Waals surface area contributed by atoms with E-state index in [2.05, 4.69) is 6.92 Å². The molecule has 2 fully saturated rings. The van der Waals surface area contributed by atoms with Crippen molar-refractivity contribution in [1.82, 2.24) is 9.80 Å². The molecule has 2 heterocycles. The second-order valence-corrected chi connectivity index (χ2v) is 7.67. The molecule has 0 atom stereocenters. The summed E-state index contributed by atoms with van der Waals surface area (Å²) in [5.41, 5.74) is 0.126. The molecule has 148 valence electrons. The normalized spacial score (nSPS) is 17.7. The molecule has 27 heavy (non-hydrogen) atoms. The molecule has 2 amide bonds. The van der Waals surface area contributed by atoms with Gasteiger partial charge in [-0.05, 0) is 25.0 Å². The van der Waals surface area contributed by atoms with Crippen molar-refractivity contribution in [3.05, 3.63) is 24.3 Å². The summed E-state index contributed by atoms with van der Waals surface area (Å²) in [6.07, 6.45) is 4.00. The number of amides is 2. The van der Waals surface area contributed by atoms with Crippen LogP contribution in [0.15, 0.2) is 24.3 Å². The van der Waals surface area contributed by atoms with Gasteiger partial charge in [-0.2, -0.15) is 0 Å². The van der Waals surface area contributed by atoms with Crippen molar-refractivity contribution in [3.8, 4) is 11.5 Å². The van der Waals surface area contributed by atoms with E-state index in [9.17, 15) is 9.59 Å². The van der Waals surface area contributed by atoms with Crippen molar-refractivity contribution in [2.24, 2.45) is 5.41 Å². The highest BCUT2D eigenvalue weighted by Crippen LogP contribution is 2.40. The predicted molar refractivity (Wildman–Crippen MR) is 103 cm³/mol. The van der Waals surface area contributed by atoms with Gasteiger partial charge in [0.25, 0.3) is 0 Å². The minimum atomic E-state index is 0.123. The van der Waals surface area contributed by atoms with Crippen LogP contribution in [0.5, 0.6) is 11.5 Å². The fraction of sp³-hybridized carbons (Fsp3) is 0.619. The van der Waals surface area contributed by atoms with Crippen LogP contribution in [0.1, 0.15) is 39.0 Å². The summed E-state index contributed by atoms with van der Waals surface area (Å²) >= 11 is 0. The number of hydrogen-bond donors (Lipinski definition) is 0. The van der Waals surface area contributed by atoms with Gasteiger partial charge in [-0.3, -0.25) is 9.59 Å². The zero-order chi connectivity index (χ0) is 19.3. The van der Waals surface area contributed by atoms with Crippen LogP contribution in [-0.2, 0) is 9.59 Å². The van der Waals surface area contributed by atoms with Crippen LogP contribution in [0.3, 0.4) is 0 Å². The quantitative estimate of drug-likeness (QED) is 0.702. The first-order valence-corrected chi connectivity index (χ1v) is 9.88. The van der Waals surface area contributed by atoms with Crippen LogP contribution < -0.4 is 9.47 Å². The molecule has 1 spiro atoms. The minimum Gasteiger partial charge on any atom is -0.493 e. The molecule has 1 aromatic rings. The molecule has 0 saturated carbocycles. The lowest BCUT2D eigenvalue weighted by atomic mass is 9.79. The summed E-state index contributed by atoms with van der Waals surface area (Å²) in [6.45, 7) is 5.59. The van der Waals surface area contributed by atoms with Gasteiger partial charge in [0.05, 0.1) is 20.1 Å². The average molecular weight is 374 g/mol. The second-order valence-electron chi connectivity index (χ2n) is 7.67. The number of carbonyl (C=O) groups is 2. The number of ether oxygens (including phenoxy) is 2. The fourth-order valence-electron chi connectivity index (χ4n) is 3.98. The van der Waals surface area contributed by atoms with Gasteiger partial charge >= 0.3 is 0 Å². The molecule has 2 aliphatic rings. The van der Waals surface area contributed by atoms with Crippen molar-refractivity contribution in [2.45, 2.75) is 39.0 Å². The van der Waals surface area contributed by atoms with E-state index in [1.54, 1.807) is 7.11 Å². The van der Waals surface area contributed by atoms with Gasteiger partial charge in [-0.1, -0.05) is 25.5 Å². The smallest absolute Gasteiger partial charge is 0.226 e. The van der Waals surface area contributed by atoms with E-state index in [0.29, 0.717) is 30.9 Å². The Morgan fingerprint density at radius 2 is 1.70 bits per heavy atom. The first kappa shape index (κ1) is 19.5. The highest BCUT2D eigenvalue weighted by atomic mass is 16.5. The molecule has 1 aromatic carbocycles. The number of methoxy groups -OCH3 is 1. The van der Waals surface area contributed by atoms with Crippen molar-refractivity contribution >= 4 is 11.8 Å². The molecule has 0 bridgehead atoms. The minimum absolute atomic E-state index is 0.123. The summed E-state index contributed by atoms with van der Waals surface area (Å²) in [5.74, 6) is 1.72. The summed E-state index contributed by atoms with van der Waals surface area (Å²) in [4.78, 5) is 28.5. The molecular weight excluding hydrogens is 344 g/mol. The number of benzene rings is 1. The first-order valence-electron chi connectivity index (χ1n) is 9.88. The van der Waals surface area contributed by atoms with E-state index >= 15 is 0 Å². The van der Waals surface area contributed by atoms with Crippen LogP contribution in [0.2, 0.25) is 0 Å². The zero-order valence-corrected chi connectivity index (χ0v) is 16.4. The Morgan fingerprint density at radius 1 is 1.04 bits per heavy atom. The third kappa shape index (κ3) is 4.54. The largest absolute Gasteiger partial charge is 0.493 e. The van der Waals surface area contributed by atoms with E-state index in [4.69, 9.17) is 9.47 Å². The Labute approximate surface area is 161 Å². The van der Waals surface area contributed by atoms with Crippen molar-refractivity contribution in [1.29, 1.82) is 0 Å². The summed E-state index contributed by atoms with van der Waals surface area (Å²) < 4.78 is 11.0. The number of nitrogens with zero attached hydrogens (tertiary/aromatic N) is 2. The molecule has 2 saturated heterocycles.